The van der Waals surface area contributed by atoms with Crippen LogP contribution in [0.1, 0.15) is 12.8 Å². The number of benzene rings is 1. The number of carboxylic acid groups (broad SMARTS) is 1. The predicted octanol–water partition coefficient (Wildman–Crippen LogP) is 3.25. The molecule has 1 fully saturated rings. The second-order valence-corrected chi connectivity index (χ2v) is 7.60. The Morgan fingerprint density at radius 3 is 2.76 bits per heavy atom. The molecule has 1 aromatic carbocycles. The fourth-order valence-electron chi connectivity index (χ4n) is 3.42. The van der Waals surface area contributed by atoms with E-state index < -0.39 is 5.97 Å². The van der Waals surface area contributed by atoms with Gasteiger partial charge >= 0.3 is 5.97 Å². The van der Waals surface area contributed by atoms with Crippen LogP contribution in [-0.4, -0.2) is 63.7 Å². The number of hydrogen-bond acceptors (Lipinski definition) is 6. The molecule has 29 heavy (non-hydrogen) atoms. The molecule has 0 aliphatic carbocycles. The van der Waals surface area contributed by atoms with Crippen molar-refractivity contribution in [1.82, 2.24) is 19.9 Å². The number of nitrogens with zero attached hydrogens (tertiary/aromatic N) is 3. The number of fused-ring (bicyclic) bond motifs is 1. The number of imidazole rings is 1. The summed E-state index contributed by atoms with van der Waals surface area (Å²) in [5.41, 5.74) is 3.03. The van der Waals surface area contributed by atoms with Crippen molar-refractivity contribution < 1.29 is 14.6 Å². The number of aromatic nitrogens is 3. The molecule has 3 aromatic rings. The van der Waals surface area contributed by atoms with Crippen LogP contribution in [-0.2, 0) is 4.79 Å². The Bertz CT molecular complexity index is 1010. The van der Waals surface area contributed by atoms with Gasteiger partial charge in [0.05, 0.1) is 16.9 Å². The van der Waals surface area contributed by atoms with Crippen molar-refractivity contribution in [2.75, 3.05) is 32.1 Å². The molecule has 3 N–H and O–H groups in total. The van der Waals surface area contributed by atoms with E-state index in [2.05, 4.69) is 32.2 Å². The Labute approximate surface area is 172 Å². The molecule has 1 saturated heterocycles. The van der Waals surface area contributed by atoms with E-state index in [1.807, 2.05) is 12.1 Å². The molecule has 0 amide bonds. The quantitative estimate of drug-likeness (QED) is 0.567. The molecule has 152 valence electrons. The van der Waals surface area contributed by atoms with E-state index >= 15 is 0 Å². The third-order valence-electron chi connectivity index (χ3n) is 5.03. The third kappa shape index (κ3) is 4.44. The number of H-pyrrole nitrogens is 1. The average molecular weight is 416 g/mol. The van der Waals surface area contributed by atoms with Crippen LogP contribution < -0.4 is 10.1 Å². The number of aliphatic carboxylic acids is 1. The standard InChI is InChI=1S/C20H22ClN5O3/c1-26-8-6-13(7-9-26)23-17-15(21)10-22-20-18(17)24-19(25-20)12-2-4-14(5-3-12)29-11-16(27)28/h2-5,10,13H,6-9,11H2,1H3,(H,27,28)(H2,22,23,24,25). The summed E-state index contributed by atoms with van der Waals surface area (Å²) >= 11 is 6.44. The van der Waals surface area contributed by atoms with Gasteiger partial charge in [0, 0.05) is 11.6 Å². The lowest BCUT2D eigenvalue weighted by Gasteiger charge is -2.30. The van der Waals surface area contributed by atoms with E-state index in [0.717, 1.165) is 42.7 Å². The minimum absolute atomic E-state index is 0.353. The van der Waals surface area contributed by atoms with Crippen LogP contribution in [0.3, 0.4) is 0 Å². The monoisotopic (exact) mass is 415 g/mol. The lowest BCUT2D eigenvalue weighted by Crippen LogP contribution is -2.36. The van der Waals surface area contributed by atoms with Gasteiger partial charge < -0.3 is 25.0 Å². The van der Waals surface area contributed by atoms with E-state index in [-0.39, 0.29) is 6.61 Å². The number of pyridine rings is 1. The molecule has 8 nitrogen and oxygen atoms in total. The third-order valence-corrected chi connectivity index (χ3v) is 5.32. The summed E-state index contributed by atoms with van der Waals surface area (Å²) < 4.78 is 5.17. The Morgan fingerprint density at radius 1 is 1.34 bits per heavy atom. The van der Waals surface area contributed by atoms with Gasteiger partial charge in [-0.15, -0.1) is 0 Å². The fourth-order valence-corrected chi connectivity index (χ4v) is 3.62. The highest BCUT2D eigenvalue weighted by Crippen LogP contribution is 2.32. The smallest absolute Gasteiger partial charge is 0.341 e. The number of anilines is 1. The highest BCUT2D eigenvalue weighted by molar-refractivity contribution is 6.34. The number of rotatable bonds is 6. The lowest BCUT2D eigenvalue weighted by atomic mass is 10.1. The normalized spacial score (nSPS) is 15.5. The maximum absolute atomic E-state index is 10.6. The molecule has 1 aliphatic rings. The number of piperidine rings is 1. The van der Waals surface area contributed by atoms with Crippen molar-refractivity contribution in [3.8, 4) is 17.1 Å². The number of ether oxygens (including phenoxy) is 1. The van der Waals surface area contributed by atoms with Gasteiger partial charge in [0.15, 0.2) is 12.3 Å². The molecule has 0 atom stereocenters. The molecular formula is C20H22ClN5O3. The molecule has 0 radical (unpaired) electrons. The SMILES string of the molecule is CN1CCC(Nc2c(Cl)cnc3nc(-c4ccc(OCC(=O)O)cc4)[nH]c23)CC1. The zero-order chi connectivity index (χ0) is 20.4. The van der Waals surface area contributed by atoms with E-state index in [9.17, 15) is 4.79 Å². The first-order valence-corrected chi connectivity index (χ1v) is 9.81. The number of carboxylic acids is 1. The molecular weight excluding hydrogens is 394 g/mol. The molecule has 0 saturated carbocycles. The summed E-state index contributed by atoms with van der Waals surface area (Å²) in [5, 5.41) is 12.8. The number of likely N-dealkylation sites (tertiary alicyclic amines) is 1. The summed E-state index contributed by atoms with van der Waals surface area (Å²) in [6.07, 6.45) is 3.72. The molecule has 0 spiro atoms. The number of halogens is 1. The van der Waals surface area contributed by atoms with Crippen LogP contribution in [0.5, 0.6) is 5.75 Å². The van der Waals surface area contributed by atoms with Gasteiger partial charge in [-0.3, -0.25) is 0 Å². The summed E-state index contributed by atoms with van der Waals surface area (Å²) in [5.74, 6) is 0.128. The van der Waals surface area contributed by atoms with Crippen molar-refractivity contribution in [3.05, 3.63) is 35.5 Å². The van der Waals surface area contributed by atoms with E-state index in [1.165, 1.54) is 0 Å². The van der Waals surface area contributed by atoms with Crippen LogP contribution in [0.25, 0.3) is 22.6 Å². The van der Waals surface area contributed by atoms with E-state index in [0.29, 0.717) is 28.3 Å². The van der Waals surface area contributed by atoms with Crippen molar-refractivity contribution in [1.29, 1.82) is 0 Å². The molecule has 1 aliphatic heterocycles. The number of hydrogen-bond donors (Lipinski definition) is 3. The van der Waals surface area contributed by atoms with Crippen molar-refractivity contribution in [2.24, 2.45) is 0 Å². The van der Waals surface area contributed by atoms with Crippen LogP contribution in [0.4, 0.5) is 5.69 Å². The highest BCUT2D eigenvalue weighted by Gasteiger charge is 2.20. The van der Waals surface area contributed by atoms with Crippen LogP contribution in [0.15, 0.2) is 30.5 Å². The average Bonchev–Trinajstić information content (AvgIpc) is 3.15. The Hall–Kier alpha value is -2.84. The predicted molar refractivity (Wildman–Crippen MR) is 112 cm³/mol. The molecule has 0 bridgehead atoms. The zero-order valence-corrected chi connectivity index (χ0v) is 16.7. The first kappa shape index (κ1) is 19.5. The van der Waals surface area contributed by atoms with Gasteiger partial charge in [-0.1, -0.05) is 11.6 Å². The number of nitrogens with one attached hydrogen (secondary N) is 2. The first-order chi connectivity index (χ1) is 14.0. The second-order valence-electron chi connectivity index (χ2n) is 7.19. The van der Waals surface area contributed by atoms with E-state index in [1.54, 1.807) is 18.3 Å². The Balaban J connectivity index is 1.58. The van der Waals surface area contributed by atoms with Crippen molar-refractivity contribution >= 4 is 34.4 Å². The van der Waals surface area contributed by atoms with E-state index in [4.69, 9.17) is 21.4 Å². The zero-order valence-electron chi connectivity index (χ0n) is 16.0. The summed E-state index contributed by atoms with van der Waals surface area (Å²) in [6, 6.07) is 7.42. The van der Waals surface area contributed by atoms with Gasteiger partial charge in [0.25, 0.3) is 0 Å². The highest BCUT2D eigenvalue weighted by atomic mass is 35.5. The summed E-state index contributed by atoms with van der Waals surface area (Å²) in [7, 11) is 2.13. The molecule has 9 heteroatoms. The van der Waals surface area contributed by atoms with Crippen LogP contribution >= 0.6 is 11.6 Å². The van der Waals surface area contributed by atoms with Gasteiger partial charge in [-0.25, -0.2) is 14.8 Å². The largest absolute Gasteiger partial charge is 0.482 e. The van der Waals surface area contributed by atoms with Gasteiger partial charge in [-0.05, 0) is 57.2 Å². The van der Waals surface area contributed by atoms with Crippen LogP contribution in [0, 0.1) is 0 Å². The maximum atomic E-state index is 10.6. The topological polar surface area (TPSA) is 103 Å². The minimum Gasteiger partial charge on any atom is -0.482 e. The van der Waals surface area contributed by atoms with Gasteiger partial charge in [0.1, 0.15) is 17.1 Å². The summed E-state index contributed by atoms with van der Waals surface area (Å²) in [4.78, 5) is 25.2. The lowest BCUT2D eigenvalue weighted by molar-refractivity contribution is -0.139. The van der Waals surface area contributed by atoms with Crippen molar-refractivity contribution in [2.45, 2.75) is 18.9 Å². The molecule has 3 heterocycles. The second kappa shape index (κ2) is 8.26. The minimum atomic E-state index is -1.01. The number of aromatic amines is 1. The maximum Gasteiger partial charge on any atom is 0.341 e. The van der Waals surface area contributed by atoms with Crippen LogP contribution in [0.2, 0.25) is 5.02 Å². The molecule has 4 rings (SSSR count). The van der Waals surface area contributed by atoms with Gasteiger partial charge in [-0.2, -0.15) is 0 Å². The number of carbonyl (C=O) groups is 1. The fraction of sp³-hybridized carbons (Fsp3) is 0.350. The van der Waals surface area contributed by atoms with Crippen molar-refractivity contribution in [3.63, 3.8) is 0 Å². The summed E-state index contributed by atoms with van der Waals surface area (Å²) in [6.45, 7) is 1.72. The molecule has 0 unspecified atom stereocenters. The van der Waals surface area contributed by atoms with Gasteiger partial charge in [0.2, 0.25) is 0 Å². The molecule has 2 aromatic heterocycles. The Kier molecular flexibility index (Phi) is 5.55. The Morgan fingerprint density at radius 2 is 2.07 bits per heavy atom. The first-order valence-electron chi connectivity index (χ1n) is 9.44.